The molecule has 0 saturated carbocycles. The molecule has 1 atom stereocenters. The highest BCUT2D eigenvalue weighted by Gasteiger charge is 2.39. The maximum absolute atomic E-state index is 11.9. The SMILES string of the molecule is CCCN1C(CC(=O)O)C(=O)NCCC1(C)C. The van der Waals surface area contributed by atoms with Crippen LogP contribution in [0.2, 0.25) is 0 Å². The molecular formula is C12H22N2O3. The second kappa shape index (κ2) is 5.49. The molecule has 0 aliphatic carbocycles. The Balaban J connectivity index is 2.96. The fourth-order valence-corrected chi connectivity index (χ4v) is 2.38. The van der Waals surface area contributed by atoms with Crippen LogP contribution in [0.1, 0.15) is 40.0 Å². The molecule has 1 heterocycles. The Bertz CT molecular complexity index is 302. The molecule has 1 unspecified atom stereocenters. The fourth-order valence-electron chi connectivity index (χ4n) is 2.38. The molecule has 0 aromatic carbocycles. The molecule has 1 rings (SSSR count). The third-order valence-corrected chi connectivity index (χ3v) is 3.32. The smallest absolute Gasteiger partial charge is 0.305 e. The van der Waals surface area contributed by atoms with Crippen LogP contribution < -0.4 is 5.32 Å². The Kier molecular flexibility index (Phi) is 4.51. The van der Waals surface area contributed by atoms with E-state index in [9.17, 15) is 9.59 Å². The Hall–Kier alpha value is -1.10. The topological polar surface area (TPSA) is 69.6 Å². The summed E-state index contributed by atoms with van der Waals surface area (Å²) in [5, 5.41) is 11.7. The number of carboxylic acid groups (broad SMARTS) is 1. The monoisotopic (exact) mass is 242 g/mol. The van der Waals surface area contributed by atoms with E-state index in [-0.39, 0.29) is 17.9 Å². The van der Waals surface area contributed by atoms with Crippen molar-refractivity contribution in [2.24, 2.45) is 0 Å². The van der Waals surface area contributed by atoms with Gasteiger partial charge in [0, 0.05) is 12.1 Å². The lowest BCUT2D eigenvalue weighted by molar-refractivity contribution is -0.142. The molecule has 1 amide bonds. The van der Waals surface area contributed by atoms with Gasteiger partial charge in [-0.1, -0.05) is 6.92 Å². The third-order valence-electron chi connectivity index (χ3n) is 3.32. The van der Waals surface area contributed by atoms with Gasteiger partial charge in [-0.15, -0.1) is 0 Å². The van der Waals surface area contributed by atoms with Crippen LogP contribution >= 0.6 is 0 Å². The number of carbonyl (C=O) groups excluding carboxylic acids is 1. The summed E-state index contributed by atoms with van der Waals surface area (Å²) in [6, 6.07) is -0.551. The van der Waals surface area contributed by atoms with Gasteiger partial charge < -0.3 is 10.4 Å². The average molecular weight is 242 g/mol. The summed E-state index contributed by atoms with van der Waals surface area (Å²) in [6.07, 6.45) is 1.62. The molecule has 17 heavy (non-hydrogen) atoms. The zero-order valence-corrected chi connectivity index (χ0v) is 10.8. The maximum atomic E-state index is 11.9. The van der Waals surface area contributed by atoms with Crippen molar-refractivity contribution in [3.8, 4) is 0 Å². The quantitative estimate of drug-likeness (QED) is 0.766. The molecule has 1 saturated heterocycles. The normalized spacial score (nSPS) is 25.1. The van der Waals surface area contributed by atoms with Gasteiger partial charge in [-0.3, -0.25) is 14.5 Å². The molecule has 0 spiro atoms. The van der Waals surface area contributed by atoms with E-state index >= 15 is 0 Å². The molecule has 0 radical (unpaired) electrons. The average Bonchev–Trinajstić information content (AvgIpc) is 2.30. The summed E-state index contributed by atoms with van der Waals surface area (Å²) in [5.41, 5.74) is -0.144. The summed E-state index contributed by atoms with van der Waals surface area (Å²) >= 11 is 0. The molecule has 5 nitrogen and oxygen atoms in total. The molecule has 2 N–H and O–H groups in total. The van der Waals surface area contributed by atoms with Gasteiger partial charge in [0.1, 0.15) is 6.04 Å². The van der Waals surface area contributed by atoms with Crippen molar-refractivity contribution in [2.75, 3.05) is 13.1 Å². The minimum absolute atomic E-state index is 0.130. The lowest BCUT2D eigenvalue weighted by Crippen LogP contribution is -2.53. The number of hydrogen-bond acceptors (Lipinski definition) is 3. The first-order valence-corrected chi connectivity index (χ1v) is 6.14. The number of carboxylic acids is 1. The molecule has 1 fully saturated rings. The first-order valence-electron chi connectivity index (χ1n) is 6.14. The van der Waals surface area contributed by atoms with E-state index in [0.717, 1.165) is 19.4 Å². The largest absolute Gasteiger partial charge is 0.481 e. The second-order valence-electron chi connectivity index (χ2n) is 5.16. The summed E-state index contributed by atoms with van der Waals surface area (Å²) in [4.78, 5) is 24.8. The van der Waals surface area contributed by atoms with Crippen molar-refractivity contribution in [3.63, 3.8) is 0 Å². The van der Waals surface area contributed by atoms with Crippen molar-refractivity contribution in [1.29, 1.82) is 0 Å². The fraction of sp³-hybridized carbons (Fsp3) is 0.833. The standard InChI is InChI=1S/C12H22N2O3/c1-4-7-14-9(8-10(15)16)11(17)13-6-5-12(14,2)3/h9H,4-8H2,1-3H3,(H,13,17)(H,15,16). The van der Waals surface area contributed by atoms with Crippen molar-refractivity contribution in [2.45, 2.75) is 51.6 Å². The van der Waals surface area contributed by atoms with E-state index < -0.39 is 12.0 Å². The first kappa shape index (κ1) is 14.0. The van der Waals surface area contributed by atoms with Crippen molar-refractivity contribution in [1.82, 2.24) is 10.2 Å². The second-order valence-corrected chi connectivity index (χ2v) is 5.16. The summed E-state index contributed by atoms with van der Waals surface area (Å²) < 4.78 is 0. The lowest BCUT2D eigenvalue weighted by atomic mass is 9.95. The molecule has 98 valence electrons. The van der Waals surface area contributed by atoms with Gasteiger partial charge in [0.2, 0.25) is 5.91 Å². The highest BCUT2D eigenvalue weighted by Crippen LogP contribution is 2.25. The van der Waals surface area contributed by atoms with Crippen LogP contribution in [0, 0.1) is 0 Å². The summed E-state index contributed by atoms with van der Waals surface area (Å²) in [5.74, 6) is -1.09. The Morgan fingerprint density at radius 1 is 1.59 bits per heavy atom. The predicted octanol–water partition coefficient (Wildman–Crippen LogP) is 0.840. The van der Waals surface area contributed by atoms with E-state index in [1.807, 2.05) is 11.8 Å². The highest BCUT2D eigenvalue weighted by molar-refractivity contribution is 5.86. The molecule has 0 bridgehead atoms. The van der Waals surface area contributed by atoms with Crippen molar-refractivity contribution in [3.05, 3.63) is 0 Å². The zero-order valence-electron chi connectivity index (χ0n) is 10.8. The third kappa shape index (κ3) is 3.43. The van der Waals surface area contributed by atoms with Crippen LogP contribution in [0.5, 0.6) is 0 Å². The molecule has 1 aliphatic heterocycles. The minimum Gasteiger partial charge on any atom is -0.481 e. The van der Waals surface area contributed by atoms with E-state index in [4.69, 9.17) is 5.11 Å². The highest BCUT2D eigenvalue weighted by atomic mass is 16.4. The number of amides is 1. The lowest BCUT2D eigenvalue weighted by Gasteiger charge is -2.40. The Morgan fingerprint density at radius 2 is 2.24 bits per heavy atom. The van der Waals surface area contributed by atoms with Gasteiger partial charge in [-0.05, 0) is 33.2 Å². The van der Waals surface area contributed by atoms with Crippen LogP contribution in [0.15, 0.2) is 0 Å². The van der Waals surface area contributed by atoms with E-state index in [1.54, 1.807) is 0 Å². The number of aliphatic carboxylic acids is 1. The number of hydrogen-bond donors (Lipinski definition) is 2. The first-order chi connectivity index (χ1) is 7.88. The van der Waals surface area contributed by atoms with Gasteiger partial charge in [-0.2, -0.15) is 0 Å². The predicted molar refractivity (Wildman–Crippen MR) is 64.7 cm³/mol. The number of nitrogens with zero attached hydrogens (tertiary/aromatic N) is 1. The molecule has 0 aromatic heterocycles. The van der Waals surface area contributed by atoms with E-state index in [1.165, 1.54) is 0 Å². The zero-order chi connectivity index (χ0) is 13.1. The van der Waals surface area contributed by atoms with Gasteiger partial charge >= 0.3 is 5.97 Å². The number of rotatable bonds is 4. The van der Waals surface area contributed by atoms with Gasteiger partial charge in [0.15, 0.2) is 0 Å². The van der Waals surface area contributed by atoms with Gasteiger partial charge in [0.05, 0.1) is 6.42 Å². The Labute approximate surface area is 102 Å². The van der Waals surface area contributed by atoms with Crippen LogP contribution in [0.25, 0.3) is 0 Å². The van der Waals surface area contributed by atoms with Gasteiger partial charge in [-0.25, -0.2) is 0 Å². The van der Waals surface area contributed by atoms with Crippen LogP contribution in [-0.2, 0) is 9.59 Å². The van der Waals surface area contributed by atoms with Crippen molar-refractivity contribution >= 4 is 11.9 Å². The maximum Gasteiger partial charge on any atom is 0.305 e. The van der Waals surface area contributed by atoms with Gasteiger partial charge in [0.25, 0.3) is 0 Å². The van der Waals surface area contributed by atoms with Crippen molar-refractivity contribution < 1.29 is 14.7 Å². The van der Waals surface area contributed by atoms with Crippen LogP contribution in [0.4, 0.5) is 0 Å². The molecule has 1 aliphatic rings. The minimum atomic E-state index is -0.927. The van der Waals surface area contributed by atoms with E-state index in [2.05, 4.69) is 19.2 Å². The molecule has 5 heteroatoms. The molecular weight excluding hydrogens is 220 g/mol. The number of carbonyl (C=O) groups is 2. The van der Waals surface area contributed by atoms with Crippen LogP contribution in [-0.4, -0.2) is 46.6 Å². The summed E-state index contributed by atoms with van der Waals surface area (Å²) in [7, 11) is 0. The molecule has 0 aromatic rings. The number of nitrogens with one attached hydrogen (secondary N) is 1. The van der Waals surface area contributed by atoms with E-state index in [0.29, 0.717) is 6.54 Å². The Morgan fingerprint density at radius 3 is 2.76 bits per heavy atom. The van der Waals surface area contributed by atoms with Crippen LogP contribution in [0.3, 0.4) is 0 Å². The summed E-state index contributed by atoms with van der Waals surface area (Å²) in [6.45, 7) is 7.53.